The van der Waals surface area contributed by atoms with Crippen molar-refractivity contribution in [1.29, 1.82) is 0 Å². The number of hydrogen-bond acceptors (Lipinski definition) is 2. The predicted molar refractivity (Wildman–Crippen MR) is 85.6 cm³/mol. The van der Waals surface area contributed by atoms with Crippen molar-refractivity contribution in [3.05, 3.63) is 60.4 Å². The third-order valence-corrected chi connectivity index (χ3v) is 3.80. The van der Waals surface area contributed by atoms with E-state index in [0.29, 0.717) is 13.1 Å². The van der Waals surface area contributed by atoms with E-state index in [-0.39, 0.29) is 11.7 Å². The van der Waals surface area contributed by atoms with E-state index in [1.165, 1.54) is 6.07 Å². The van der Waals surface area contributed by atoms with Crippen LogP contribution in [0.3, 0.4) is 0 Å². The molecule has 2 aromatic rings. The Morgan fingerprint density at radius 1 is 0.909 bits per heavy atom. The molecule has 0 aliphatic carbocycles. The predicted octanol–water partition coefficient (Wildman–Crippen LogP) is 3.18. The van der Waals surface area contributed by atoms with Crippen LogP contribution in [0.4, 0.5) is 20.6 Å². The number of piperazine rings is 1. The van der Waals surface area contributed by atoms with E-state index in [4.69, 9.17) is 0 Å². The Hall–Kier alpha value is -2.56. The van der Waals surface area contributed by atoms with Gasteiger partial charge in [-0.1, -0.05) is 30.3 Å². The van der Waals surface area contributed by atoms with E-state index >= 15 is 0 Å². The van der Waals surface area contributed by atoms with Gasteiger partial charge >= 0.3 is 6.03 Å². The highest BCUT2D eigenvalue weighted by Gasteiger charge is 2.21. The molecule has 0 unspecified atom stereocenters. The molecule has 1 aliphatic rings. The van der Waals surface area contributed by atoms with Crippen molar-refractivity contribution in [2.45, 2.75) is 0 Å². The highest BCUT2D eigenvalue weighted by atomic mass is 19.1. The lowest BCUT2D eigenvalue weighted by Crippen LogP contribution is -2.50. The zero-order valence-electron chi connectivity index (χ0n) is 12.2. The summed E-state index contributed by atoms with van der Waals surface area (Å²) in [7, 11) is 0. The number of rotatable bonds is 2. The largest absolute Gasteiger partial charge is 0.368 e. The van der Waals surface area contributed by atoms with E-state index in [1.807, 2.05) is 18.2 Å². The normalized spacial score (nSPS) is 14.8. The molecule has 1 heterocycles. The maximum Gasteiger partial charge on any atom is 0.322 e. The van der Waals surface area contributed by atoms with Crippen molar-refractivity contribution in [2.75, 3.05) is 36.4 Å². The minimum atomic E-state index is -0.418. The van der Waals surface area contributed by atoms with Gasteiger partial charge in [0.2, 0.25) is 0 Å². The molecule has 4 nitrogen and oxygen atoms in total. The summed E-state index contributed by atoms with van der Waals surface area (Å²) in [4.78, 5) is 16.1. The van der Waals surface area contributed by atoms with Crippen molar-refractivity contribution in [1.82, 2.24) is 4.90 Å². The Kier molecular flexibility index (Phi) is 4.23. The number of anilines is 2. The molecule has 0 atom stereocenters. The molecule has 114 valence electrons. The molecule has 0 aromatic heterocycles. The molecule has 2 amide bonds. The Morgan fingerprint density at radius 2 is 1.55 bits per heavy atom. The van der Waals surface area contributed by atoms with Gasteiger partial charge in [0, 0.05) is 31.9 Å². The first kappa shape index (κ1) is 14.4. The summed E-state index contributed by atoms with van der Waals surface area (Å²) in [6.07, 6.45) is 0. The highest BCUT2D eigenvalue weighted by Crippen LogP contribution is 2.17. The van der Waals surface area contributed by atoms with Crippen LogP contribution in [-0.4, -0.2) is 37.1 Å². The second-order valence-electron chi connectivity index (χ2n) is 5.22. The smallest absolute Gasteiger partial charge is 0.322 e. The Bertz CT molecular complexity index is 639. The molecule has 1 N–H and O–H groups in total. The Labute approximate surface area is 129 Å². The summed E-state index contributed by atoms with van der Waals surface area (Å²) in [6, 6.07) is 16.1. The zero-order chi connectivity index (χ0) is 15.4. The molecule has 0 spiro atoms. The van der Waals surface area contributed by atoms with E-state index in [1.54, 1.807) is 23.1 Å². The van der Waals surface area contributed by atoms with E-state index in [0.717, 1.165) is 18.8 Å². The number of para-hydroxylation sites is 2. The zero-order valence-corrected chi connectivity index (χ0v) is 12.2. The fourth-order valence-electron chi connectivity index (χ4n) is 2.56. The van der Waals surface area contributed by atoms with Gasteiger partial charge in [-0.15, -0.1) is 0 Å². The van der Waals surface area contributed by atoms with Crippen molar-refractivity contribution < 1.29 is 9.18 Å². The summed E-state index contributed by atoms with van der Waals surface area (Å²) in [5.41, 5.74) is 1.38. The van der Waals surface area contributed by atoms with Gasteiger partial charge in [-0.05, 0) is 24.3 Å². The molecule has 2 aromatic carbocycles. The molecular weight excluding hydrogens is 281 g/mol. The second-order valence-corrected chi connectivity index (χ2v) is 5.22. The van der Waals surface area contributed by atoms with Crippen LogP contribution in [-0.2, 0) is 0 Å². The molecule has 22 heavy (non-hydrogen) atoms. The molecule has 1 aliphatic heterocycles. The number of urea groups is 1. The number of benzene rings is 2. The van der Waals surface area contributed by atoms with Gasteiger partial charge in [0.15, 0.2) is 0 Å². The first-order chi connectivity index (χ1) is 10.7. The van der Waals surface area contributed by atoms with Crippen LogP contribution in [0, 0.1) is 5.82 Å². The van der Waals surface area contributed by atoms with Crippen LogP contribution >= 0.6 is 0 Å². The van der Waals surface area contributed by atoms with Gasteiger partial charge < -0.3 is 15.1 Å². The van der Waals surface area contributed by atoms with Gasteiger partial charge in [-0.25, -0.2) is 9.18 Å². The van der Waals surface area contributed by atoms with Crippen LogP contribution in [0.2, 0.25) is 0 Å². The fourth-order valence-corrected chi connectivity index (χ4v) is 2.56. The molecule has 3 rings (SSSR count). The van der Waals surface area contributed by atoms with Crippen LogP contribution in [0.5, 0.6) is 0 Å². The maximum absolute atomic E-state index is 13.6. The second kappa shape index (κ2) is 6.47. The first-order valence-electron chi connectivity index (χ1n) is 7.34. The minimum absolute atomic E-state index is 0.220. The third kappa shape index (κ3) is 3.19. The maximum atomic E-state index is 13.6. The summed E-state index contributed by atoms with van der Waals surface area (Å²) in [5, 5.41) is 2.63. The lowest BCUT2D eigenvalue weighted by atomic mass is 10.2. The summed E-state index contributed by atoms with van der Waals surface area (Å²) in [5.74, 6) is -0.418. The van der Waals surface area contributed by atoms with Crippen LogP contribution < -0.4 is 10.2 Å². The minimum Gasteiger partial charge on any atom is -0.368 e. The van der Waals surface area contributed by atoms with Gasteiger partial charge in [0.25, 0.3) is 0 Å². The number of nitrogens with one attached hydrogen (secondary N) is 1. The number of carbonyl (C=O) groups excluding carboxylic acids is 1. The molecule has 0 bridgehead atoms. The summed E-state index contributed by atoms with van der Waals surface area (Å²) < 4.78 is 13.6. The van der Waals surface area contributed by atoms with Gasteiger partial charge in [0.1, 0.15) is 5.82 Å². The van der Waals surface area contributed by atoms with Gasteiger partial charge in [-0.2, -0.15) is 0 Å². The van der Waals surface area contributed by atoms with Gasteiger partial charge in [-0.3, -0.25) is 0 Å². The SMILES string of the molecule is O=C(Nc1ccccc1F)N1CCN(c2ccccc2)CC1. The van der Waals surface area contributed by atoms with Crippen molar-refractivity contribution in [2.24, 2.45) is 0 Å². The Balaban J connectivity index is 1.57. The van der Waals surface area contributed by atoms with Crippen molar-refractivity contribution in [3.8, 4) is 0 Å². The molecule has 1 saturated heterocycles. The van der Waals surface area contributed by atoms with Gasteiger partial charge in [0.05, 0.1) is 5.69 Å². The summed E-state index contributed by atoms with van der Waals surface area (Å²) >= 11 is 0. The van der Waals surface area contributed by atoms with Crippen LogP contribution in [0.15, 0.2) is 54.6 Å². The third-order valence-electron chi connectivity index (χ3n) is 3.80. The monoisotopic (exact) mass is 299 g/mol. The lowest BCUT2D eigenvalue weighted by Gasteiger charge is -2.36. The molecule has 0 radical (unpaired) electrons. The van der Waals surface area contributed by atoms with E-state index in [9.17, 15) is 9.18 Å². The lowest BCUT2D eigenvalue weighted by molar-refractivity contribution is 0.208. The van der Waals surface area contributed by atoms with Crippen LogP contribution in [0.25, 0.3) is 0 Å². The summed E-state index contributed by atoms with van der Waals surface area (Å²) in [6.45, 7) is 2.79. The molecule has 5 heteroatoms. The number of halogens is 1. The number of hydrogen-bond donors (Lipinski definition) is 1. The van der Waals surface area contributed by atoms with E-state index < -0.39 is 5.82 Å². The van der Waals surface area contributed by atoms with Crippen molar-refractivity contribution in [3.63, 3.8) is 0 Å². The fraction of sp³-hybridized carbons (Fsp3) is 0.235. The number of amides is 2. The standard InChI is InChI=1S/C17H18FN3O/c18-15-8-4-5-9-16(15)19-17(22)21-12-10-20(11-13-21)14-6-2-1-3-7-14/h1-9H,10-13H2,(H,19,22). The molecular formula is C17H18FN3O. The average Bonchev–Trinajstić information content (AvgIpc) is 2.58. The van der Waals surface area contributed by atoms with Crippen LogP contribution in [0.1, 0.15) is 0 Å². The molecule has 0 saturated carbocycles. The number of nitrogens with zero attached hydrogens (tertiary/aromatic N) is 2. The topological polar surface area (TPSA) is 35.6 Å². The molecule has 1 fully saturated rings. The van der Waals surface area contributed by atoms with E-state index in [2.05, 4.69) is 22.3 Å². The quantitative estimate of drug-likeness (QED) is 0.924. The van der Waals surface area contributed by atoms with Crippen molar-refractivity contribution >= 4 is 17.4 Å². The number of carbonyl (C=O) groups is 1. The Morgan fingerprint density at radius 3 is 2.23 bits per heavy atom. The highest BCUT2D eigenvalue weighted by molar-refractivity contribution is 5.89. The average molecular weight is 299 g/mol. The first-order valence-corrected chi connectivity index (χ1v) is 7.34.